The van der Waals surface area contributed by atoms with Gasteiger partial charge in [0.15, 0.2) is 0 Å². The predicted molar refractivity (Wildman–Crippen MR) is 129 cm³/mol. The molecule has 1 aromatic carbocycles. The molecule has 1 aliphatic rings. The van der Waals surface area contributed by atoms with Gasteiger partial charge in [-0.3, -0.25) is 0 Å². The lowest BCUT2D eigenvalue weighted by molar-refractivity contribution is 0.380. The Morgan fingerprint density at radius 3 is 2.79 bits per heavy atom. The molecule has 0 amide bonds. The Morgan fingerprint density at radius 1 is 1.24 bits per heavy atom. The van der Waals surface area contributed by atoms with Crippen molar-refractivity contribution in [1.82, 2.24) is 19.9 Å². The van der Waals surface area contributed by atoms with Crippen molar-refractivity contribution in [3.05, 3.63) is 36.5 Å². The number of rotatable bonds is 6. The number of methoxy groups -OCH3 is 1. The maximum atomic E-state index is 14.7. The van der Waals surface area contributed by atoms with Gasteiger partial charge in [-0.25, -0.2) is 19.3 Å². The summed E-state index contributed by atoms with van der Waals surface area (Å²) in [6.07, 6.45) is 7.47. The van der Waals surface area contributed by atoms with Gasteiger partial charge in [0.2, 0.25) is 0 Å². The van der Waals surface area contributed by atoms with Gasteiger partial charge in [0.1, 0.15) is 11.5 Å². The number of benzene rings is 1. The molecule has 1 aliphatic heterocycles. The number of pyridine rings is 1. The highest BCUT2D eigenvalue weighted by molar-refractivity contribution is 6.17. The van der Waals surface area contributed by atoms with Gasteiger partial charge in [-0.2, -0.15) is 0 Å². The van der Waals surface area contributed by atoms with Gasteiger partial charge in [0.25, 0.3) is 0 Å². The predicted octanol–water partition coefficient (Wildman–Crippen LogP) is 3.93. The first kappa shape index (κ1) is 21.4. The highest BCUT2D eigenvalue weighted by atomic mass is 19.1. The minimum atomic E-state index is -0.290. The van der Waals surface area contributed by atoms with E-state index in [2.05, 4.69) is 25.2 Å². The number of aromatic nitrogens is 4. The third-order valence-electron chi connectivity index (χ3n) is 6.32. The maximum Gasteiger partial charge on any atom is 0.316 e. The van der Waals surface area contributed by atoms with Gasteiger partial charge >= 0.3 is 6.01 Å². The van der Waals surface area contributed by atoms with Crippen LogP contribution in [0.15, 0.2) is 30.7 Å². The minimum Gasteiger partial charge on any atom is -0.467 e. The van der Waals surface area contributed by atoms with Crippen molar-refractivity contribution in [3.63, 3.8) is 0 Å². The lowest BCUT2D eigenvalue weighted by atomic mass is 9.95. The SMILES string of the molecule is CCNc1cc(F)cc2c1[nH]c1ncc(-c3cnc(OC)nc3)c(N3CCC[C@@H](CN)C3)c12. The van der Waals surface area contributed by atoms with Crippen LogP contribution < -0.4 is 20.7 Å². The summed E-state index contributed by atoms with van der Waals surface area (Å²) in [5.41, 5.74) is 11.1. The third-order valence-corrected chi connectivity index (χ3v) is 6.32. The Morgan fingerprint density at radius 2 is 2.06 bits per heavy atom. The van der Waals surface area contributed by atoms with Crippen LogP contribution in [0.1, 0.15) is 19.8 Å². The van der Waals surface area contributed by atoms with Crippen LogP contribution in [-0.2, 0) is 0 Å². The molecule has 0 unspecified atom stereocenters. The molecule has 1 fully saturated rings. The van der Waals surface area contributed by atoms with E-state index in [0.717, 1.165) is 70.4 Å². The highest BCUT2D eigenvalue weighted by Crippen LogP contribution is 2.43. The number of nitrogens with zero attached hydrogens (tertiary/aromatic N) is 4. The molecule has 4 heterocycles. The van der Waals surface area contributed by atoms with Crippen LogP contribution in [0.5, 0.6) is 6.01 Å². The molecule has 4 N–H and O–H groups in total. The number of halogens is 1. The number of ether oxygens (including phenoxy) is 1. The van der Waals surface area contributed by atoms with Crippen LogP contribution in [0.25, 0.3) is 33.1 Å². The van der Waals surface area contributed by atoms with Crippen molar-refractivity contribution in [1.29, 1.82) is 0 Å². The Hall–Kier alpha value is -3.46. The van der Waals surface area contributed by atoms with Crippen molar-refractivity contribution < 1.29 is 9.13 Å². The van der Waals surface area contributed by atoms with Crippen molar-refractivity contribution >= 4 is 33.3 Å². The van der Waals surface area contributed by atoms with Crippen molar-refractivity contribution in [3.8, 4) is 17.1 Å². The highest BCUT2D eigenvalue weighted by Gasteiger charge is 2.26. The third kappa shape index (κ3) is 3.82. The van der Waals surface area contributed by atoms with Gasteiger partial charge in [0.05, 0.1) is 29.4 Å². The van der Waals surface area contributed by atoms with Gasteiger partial charge in [-0.05, 0) is 44.4 Å². The summed E-state index contributed by atoms with van der Waals surface area (Å²) >= 11 is 0. The molecular weight excluding hydrogens is 421 g/mol. The van der Waals surface area contributed by atoms with E-state index < -0.39 is 0 Å². The Labute approximate surface area is 191 Å². The summed E-state index contributed by atoms with van der Waals surface area (Å²) in [5.74, 6) is 0.114. The summed E-state index contributed by atoms with van der Waals surface area (Å²) in [4.78, 5) is 19.1. The average molecular weight is 450 g/mol. The van der Waals surface area contributed by atoms with Gasteiger partial charge in [-0.1, -0.05) is 0 Å². The van der Waals surface area contributed by atoms with Gasteiger partial charge in [-0.15, -0.1) is 0 Å². The second kappa shape index (κ2) is 8.82. The van der Waals surface area contributed by atoms with E-state index in [1.807, 2.05) is 13.1 Å². The largest absolute Gasteiger partial charge is 0.467 e. The van der Waals surface area contributed by atoms with E-state index in [4.69, 9.17) is 15.5 Å². The smallest absolute Gasteiger partial charge is 0.316 e. The first-order chi connectivity index (χ1) is 16.1. The van der Waals surface area contributed by atoms with Crippen LogP contribution in [0.2, 0.25) is 0 Å². The fourth-order valence-corrected chi connectivity index (χ4v) is 4.80. The van der Waals surface area contributed by atoms with Crippen LogP contribution in [0, 0.1) is 11.7 Å². The maximum absolute atomic E-state index is 14.7. The fraction of sp³-hybridized carbons (Fsp3) is 0.375. The number of aromatic amines is 1. The van der Waals surface area contributed by atoms with Crippen molar-refractivity contribution in [2.75, 3.05) is 43.5 Å². The summed E-state index contributed by atoms with van der Waals surface area (Å²) in [6, 6.07) is 3.41. The zero-order chi connectivity index (χ0) is 22.9. The molecule has 0 radical (unpaired) electrons. The lowest BCUT2D eigenvalue weighted by Crippen LogP contribution is -2.38. The minimum absolute atomic E-state index is 0.290. The number of hydrogen-bond acceptors (Lipinski definition) is 7. The number of H-pyrrole nitrogens is 1. The van der Waals surface area contributed by atoms with Gasteiger partial charge < -0.3 is 25.7 Å². The Bertz CT molecular complexity index is 1290. The van der Waals surface area contributed by atoms with Crippen LogP contribution in [0.4, 0.5) is 15.8 Å². The number of fused-ring (bicyclic) bond motifs is 3. The average Bonchev–Trinajstić information content (AvgIpc) is 3.22. The monoisotopic (exact) mass is 449 g/mol. The second-order valence-electron chi connectivity index (χ2n) is 8.42. The van der Waals surface area contributed by atoms with Crippen LogP contribution in [0.3, 0.4) is 0 Å². The van der Waals surface area contributed by atoms with Crippen molar-refractivity contribution in [2.45, 2.75) is 19.8 Å². The molecule has 4 aromatic rings. The Balaban J connectivity index is 1.79. The number of nitrogens with two attached hydrogens (primary N) is 1. The van der Waals surface area contributed by atoms with E-state index in [1.54, 1.807) is 18.5 Å². The van der Waals surface area contributed by atoms with E-state index in [1.165, 1.54) is 13.2 Å². The summed E-state index contributed by atoms with van der Waals surface area (Å²) in [6.45, 7) is 5.04. The van der Waals surface area contributed by atoms with Crippen LogP contribution in [-0.4, -0.2) is 53.2 Å². The summed E-state index contributed by atoms with van der Waals surface area (Å²) in [5, 5.41) is 4.96. The summed E-state index contributed by atoms with van der Waals surface area (Å²) < 4.78 is 19.8. The van der Waals surface area contributed by atoms with Crippen molar-refractivity contribution in [2.24, 2.45) is 11.7 Å². The number of nitrogens with one attached hydrogen (secondary N) is 2. The number of anilines is 2. The molecule has 172 valence electrons. The molecule has 1 saturated heterocycles. The molecule has 8 nitrogen and oxygen atoms in total. The van der Waals surface area contributed by atoms with E-state index >= 15 is 0 Å². The first-order valence-electron chi connectivity index (χ1n) is 11.3. The molecule has 1 atom stereocenters. The molecule has 9 heteroatoms. The molecule has 5 rings (SSSR count). The molecule has 0 spiro atoms. The second-order valence-corrected chi connectivity index (χ2v) is 8.42. The standard InChI is InChI=1S/C24H28FN7O/c1-3-27-19-8-16(25)7-17-20-22(32-6-4-5-14(9-26)13-32)18(12-28-23(20)31-21(17)19)15-10-29-24(33-2)30-11-15/h7-8,10-12,14,27H,3-6,9,13,26H2,1-2H3,(H,28,31)/t14-/m0/s1. The molecule has 0 saturated carbocycles. The lowest BCUT2D eigenvalue weighted by Gasteiger charge is -2.35. The normalized spacial score (nSPS) is 16.5. The zero-order valence-electron chi connectivity index (χ0n) is 18.9. The molecule has 0 bridgehead atoms. The summed E-state index contributed by atoms with van der Waals surface area (Å²) in [7, 11) is 1.54. The Kier molecular flexibility index (Phi) is 5.72. The van der Waals surface area contributed by atoms with E-state index in [0.29, 0.717) is 25.0 Å². The molecule has 33 heavy (non-hydrogen) atoms. The number of piperidine rings is 1. The molecule has 3 aromatic heterocycles. The molecule has 0 aliphatic carbocycles. The van der Waals surface area contributed by atoms with E-state index in [-0.39, 0.29) is 5.82 Å². The quantitative estimate of drug-likeness (QED) is 0.410. The van der Waals surface area contributed by atoms with Crippen LogP contribution >= 0.6 is 0 Å². The fourth-order valence-electron chi connectivity index (χ4n) is 4.80. The topological polar surface area (TPSA) is 105 Å². The number of hydrogen-bond donors (Lipinski definition) is 3. The first-order valence-corrected chi connectivity index (χ1v) is 11.3. The van der Waals surface area contributed by atoms with Gasteiger partial charge in [0, 0.05) is 54.7 Å². The van der Waals surface area contributed by atoms with E-state index in [9.17, 15) is 4.39 Å². The molecular formula is C24H28FN7O. The zero-order valence-corrected chi connectivity index (χ0v) is 18.9.